The molecule has 3 rings (SSSR count). The third-order valence-electron chi connectivity index (χ3n) is 4.94. The standard InChI is InChI=1S/C19H22Cl2N2O2/c20-16-4-5-17(21)15(13-16)3-6-18(24)22-11-7-14(8-12-22)19(25)23-9-1-2-10-23/h3-6,13-14H,1-2,7-12H2/b6-3+. The Hall–Kier alpha value is -1.52. The van der Waals surface area contributed by atoms with Crippen molar-refractivity contribution < 1.29 is 9.59 Å². The number of piperidine rings is 1. The molecule has 0 unspecified atom stereocenters. The molecule has 0 spiro atoms. The summed E-state index contributed by atoms with van der Waals surface area (Å²) in [5.41, 5.74) is 0.724. The van der Waals surface area contributed by atoms with Crippen molar-refractivity contribution in [2.24, 2.45) is 5.92 Å². The second-order valence-corrected chi connectivity index (χ2v) is 7.47. The summed E-state index contributed by atoms with van der Waals surface area (Å²) in [6.07, 6.45) is 6.93. The lowest BCUT2D eigenvalue weighted by atomic mass is 9.95. The molecule has 25 heavy (non-hydrogen) atoms. The molecule has 0 bridgehead atoms. The fourth-order valence-corrected chi connectivity index (χ4v) is 3.81. The minimum Gasteiger partial charge on any atom is -0.342 e. The van der Waals surface area contributed by atoms with Crippen LogP contribution in [0.2, 0.25) is 10.0 Å². The van der Waals surface area contributed by atoms with E-state index >= 15 is 0 Å². The van der Waals surface area contributed by atoms with Gasteiger partial charge in [-0.15, -0.1) is 0 Å². The van der Waals surface area contributed by atoms with E-state index in [-0.39, 0.29) is 17.7 Å². The summed E-state index contributed by atoms with van der Waals surface area (Å²) < 4.78 is 0. The van der Waals surface area contributed by atoms with E-state index in [1.54, 1.807) is 29.2 Å². The van der Waals surface area contributed by atoms with Gasteiger partial charge in [0.1, 0.15) is 0 Å². The van der Waals surface area contributed by atoms with Crippen molar-refractivity contribution in [3.8, 4) is 0 Å². The molecule has 0 saturated carbocycles. The predicted molar refractivity (Wildman–Crippen MR) is 101 cm³/mol. The highest BCUT2D eigenvalue weighted by Gasteiger charge is 2.30. The number of rotatable bonds is 3. The van der Waals surface area contributed by atoms with E-state index in [0.717, 1.165) is 44.3 Å². The molecule has 2 heterocycles. The number of carbonyl (C=O) groups excluding carboxylic acids is 2. The summed E-state index contributed by atoms with van der Waals surface area (Å²) in [6.45, 7) is 3.02. The lowest BCUT2D eigenvalue weighted by Crippen LogP contribution is -2.43. The Bertz CT molecular complexity index is 676. The van der Waals surface area contributed by atoms with Crippen LogP contribution in [0, 0.1) is 5.92 Å². The number of nitrogens with zero attached hydrogens (tertiary/aromatic N) is 2. The zero-order valence-corrected chi connectivity index (χ0v) is 15.6. The number of carbonyl (C=O) groups is 2. The van der Waals surface area contributed by atoms with Crippen LogP contribution in [0.5, 0.6) is 0 Å². The molecule has 134 valence electrons. The molecule has 0 aromatic heterocycles. The van der Waals surface area contributed by atoms with Gasteiger partial charge in [-0.25, -0.2) is 0 Å². The van der Waals surface area contributed by atoms with Crippen LogP contribution in [0.3, 0.4) is 0 Å². The van der Waals surface area contributed by atoms with Crippen molar-refractivity contribution in [1.82, 2.24) is 9.80 Å². The van der Waals surface area contributed by atoms with Gasteiger partial charge in [0.25, 0.3) is 0 Å². The first-order valence-electron chi connectivity index (χ1n) is 8.75. The maximum absolute atomic E-state index is 12.4. The van der Waals surface area contributed by atoms with E-state index in [2.05, 4.69) is 0 Å². The van der Waals surface area contributed by atoms with Gasteiger partial charge in [-0.3, -0.25) is 9.59 Å². The Balaban J connectivity index is 1.53. The number of halogens is 2. The van der Waals surface area contributed by atoms with Crippen LogP contribution in [-0.4, -0.2) is 47.8 Å². The van der Waals surface area contributed by atoms with Gasteiger partial charge in [0, 0.05) is 48.2 Å². The highest BCUT2D eigenvalue weighted by molar-refractivity contribution is 6.34. The van der Waals surface area contributed by atoms with Gasteiger partial charge in [0.2, 0.25) is 11.8 Å². The Morgan fingerprint density at radius 3 is 2.36 bits per heavy atom. The average molecular weight is 381 g/mol. The molecule has 0 atom stereocenters. The largest absolute Gasteiger partial charge is 0.342 e. The highest BCUT2D eigenvalue weighted by Crippen LogP contribution is 2.24. The van der Waals surface area contributed by atoms with Crippen LogP contribution in [0.25, 0.3) is 6.08 Å². The van der Waals surface area contributed by atoms with Crippen molar-refractivity contribution in [3.05, 3.63) is 39.9 Å². The van der Waals surface area contributed by atoms with Crippen LogP contribution in [0.4, 0.5) is 0 Å². The van der Waals surface area contributed by atoms with Gasteiger partial charge in [0.15, 0.2) is 0 Å². The van der Waals surface area contributed by atoms with Crippen LogP contribution in [0.1, 0.15) is 31.2 Å². The first-order chi connectivity index (χ1) is 12.0. The molecule has 2 saturated heterocycles. The van der Waals surface area contributed by atoms with Gasteiger partial charge in [-0.05, 0) is 55.5 Å². The van der Waals surface area contributed by atoms with Crippen molar-refractivity contribution in [3.63, 3.8) is 0 Å². The maximum atomic E-state index is 12.4. The fraction of sp³-hybridized carbons (Fsp3) is 0.474. The van der Waals surface area contributed by atoms with Gasteiger partial charge in [-0.2, -0.15) is 0 Å². The van der Waals surface area contributed by atoms with E-state index < -0.39 is 0 Å². The Kier molecular flexibility index (Phi) is 6.02. The first kappa shape index (κ1) is 18.3. The first-order valence-corrected chi connectivity index (χ1v) is 9.51. The van der Waals surface area contributed by atoms with Crippen molar-refractivity contribution in [2.75, 3.05) is 26.2 Å². The van der Waals surface area contributed by atoms with Gasteiger partial charge < -0.3 is 9.80 Å². The molecule has 2 fully saturated rings. The third kappa shape index (κ3) is 4.56. The van der Waals surface area contributed by atoms with E-state index in [4.69, 9.17) is 23.2 Å². The van der Waals surface area contributed by atoms with E-state index in [9.17, 15) is 9.59 Å². The normalized spacial score (nSPS) is 19.0. The van der Waals surface area contributed by atoms with Gasteiger partial charge >= 0.3 is 0 Å². The summed E-state index contributed by atoms with van der Waals surface area (Å²) in [4.78, 5) is 28.6. The Morgan fingerprint density at radius 1 is 1.00 bits per heavy atom. The summed E-state index contributed by atoms with van der Waals surface area (Å²) in [5.74, 6) is 0.280. The molecule has 0 aliphatic carbocycles. The quantitative estimate of drug-likeness (QED) is 0.746. The predicted octanol–water partition coefficient (Wildman–Crippen LogP) is 3.87. The number of amides is 2. The monoisotopic (exact) mass is 380 g/mol. The summed E-state index contributed by atoms with van der Waals surface area (Å²) in [7, 11) is 0. The second-order valence-electron chi connectivity index (χ2n) is 6.63. The molecule has 2 aliphatic rings. The second kappa shape index (κ2) is 8.24. The topological polar surface area (TPSA) is 40.6 Å². The average Bonchev–Trinajstić information content (AvgIpc) is 3.16. The van der Waals surface area contributed by atoms with Gasteiger partial charge in [0.05, 0.1) is 0 Å². The molecular formula is C19H22Cl2N2O2. The molecule has 1 aromatic rings. The van der Waals surface area contributed by atoms with Gasteiger partial charge in [-0.1, -0.05) is 23.2 Å². The zero-order valence-electron chi connectivity index (χ0n) is 14.1. The Morgan fingerprint density at radius 2 is 1.68 bits per heavy atom. The van der Waals surface area contributed by atoms with E-state index in [0.29, 0.717) is 23.1 Å². The molecular weight excluding hydrogens is 359 g/mol. The number of hydrogen-bond donors (Lipinski definition) is 0. The smallest absolute Gasteiger partial charge is 0.246 e. The van der Waals surface area contributed by atoms with E-state index in [1.165, 1.54) is 6.08 Å². The lowest BCUT2D eigenvalue weighted by Gasteiger charge is -2.32. The lowest BCUT2D eigenvalue weighted by molar-refractivity contribution is -0.138. The molecule has 0 radical (unpaired) electrons. The zero-order chi connectivity index (χ0) is 17.8. The van der Waals surface area contributed by atoms with Crippen molar-refractivity contribution in [1.29, 1.82) is 0 Å². The van der Waals surface area contributed by atoms with Crippen molar-refractivity contribution >= 4 is 41.1 Å². The molecule has 0 N–H and O–H groups in total. The fourth-order valence-electron chi connectivity index (χ4n) is 3.45. The molecule has 4 nitrogen and oxygen atoms in total. The third-order valence-corrected chi connectivity index (χ3v) is 5.52. The molecule has 2 aliphatic heterocycles. The number of hydrogen-bond acceptors (Lipinski definition) is 2. The summed E-state index contributed by atoms with van der Waals surface area (Å²) in [6, 6.07) is 5.16. The maximum Gasteiger partial charge on any atom is 0.246 e. The molecule has 1 aromatic carbocycles. The van der Waals surface area contributed by atoms with Crippen LogP contribution < -0.4 is 0 Å². The highest BCUT2D eigenvalue weighted by atomic mass is 35.5. The summed E-state index contributed by atoms with van der Waals surface area (Å²) >= 11 is 12.1. The molecule has 2 amide bonds. The van der Waals surface area contributed by atoms with Crippen LogP contribution in [0.15, 0.2) is 24.3 Å². The molecule has 6 heteroatoms. The van der Waals surface area contributed by atoms with Crippen LogP contribution >= 0.6 is 23.2 Å². The summed E-state index contributed by atoms with van der Waals surface area (Å²) in [5, 5.41) is 1.14. The van der Waals surface area contributed by atoms with Crippen molar-refractivity contribution in [2.45, 2.75) is 25.7 Å². The minimum atomic E-state index is -0.0527. The van der Waals surface area contributed by atoms with Crippen LogP contribution in [-0.2, 0) is 9.59 Å². The SMILES string of the molecule is O=C(/C=C/c1cc(Cl)ccc1Cl)N1CCC(C(=O)N2CCCC2)CC1. The Labute approximate surface area is 158 Å². The number of benzene rings is 1. The number of likely N-dealkylation sites (tertiary alicyclic amines) is 2. The van der Waals surface area contributed by atoms with E-state index in [1.807, 2.05) is 4.90 Å². The minimum absolute atomic E-state index is 0.0527.